The molecule has 0 radical (unpaired) electrons. The number of hydrazone groups is 1. The Morgan fingerprint density at radius 1 is 1.06 bits per heavy atom. The van der Waals surface area contributed by atoms with Gasteiger partial charge in [-0.15, -0.1) is 0 Å². The molecule has 8 nitrogen and oxygen atoms in total. The molecule has 0 unspecified atom stereocenters. The predicted molar refractivity (Wildman–Crippen MR) is 119 cm³/mol. The van der Waals surface area contributed by atoms with E-state index in [0.29, 0.717) is 24.1 Å². The Kier molecular flexibility index (Phi) is 6.83. The van der Waals surface area contributed by atoms with Gasteiger partial charge in [-0.2, -0.15) is 5.10 Å². The average molecular weight is 432 g/mol. The van der Waals surface area contributed by atoms with E-state index in [1.165, 1.54) is 6.21 Å². The number of nitrogens with one attached hydrogen (secondary N) is 1. The zero-order valence-electron chi connectivity index (χ0n) is 19.7. The van der Waals surface area contributed by atoms with Crippen LogP contribution in [0.4, 0.5) is 15.3 Å². The van der Waals surface area contributed by atoms with Crippen molar-refractivity contribution >= 4 is 30.0 Å². The van der Waals surface area contributed by atoms with Crippen LogP contribution in [0.25, 0.3) is 0 Å². The topological polar surface area (TPSA) is 97.3 Å². The number of fused-ring (bicyclic) bond motifs is 1. The summed E-state index contributed by atoms with van der Waals surface area (Å²) in [5.41, 5.74) is 2.09. The van der Waals surface area contributed by atoms with Gasteiger partial charge >= 0.3 is 12.2 Å². The van der Waals surface area contributed by atoms with Crippen LogP contribution in [0.2, 0.25) is 0 Å². The molecular weight excluding hydrogens is 398 g/mol. The second kappa shape index (κ2) is 8.69. The van der Waals surface area contributed by atoms with Crippen LogP contribution in [-0.4, -0.2) is 35.5 Å². The molecule has 1 aromatic rings. The van der Waals surface area contributed by atoms with Gasteiger partial charge in [0.05, 0.1) is 17.3 Å². The van der Waals surface area contributed by atoms with Gasteiger partial charge < -0.3 is 9.47 Å². The van der Waals surface area contributed by atoms with Crippen molar-refractivity contribution in [1.82, 2.24) is 5.43 Å². The van der Waals surface area contributed by atoms with E-state index in [9.17, 15) is 14.4 Å². The first-order chi connectivity index (χ1) is 14.2. The highest BCUT2D eigenvalue weighted by molar-refractivity contribution is 6.21. The third-order valence-electron chi connectivity index (χ3n) is 4.94. The zero-order chi connectivity index (χ0) is 23.6. The Balaban J connectivity index is 2.36. The van der Waals surface area contributed by atoms with Crippen molar-refractivity contribution in [2.75, 3.05) is 4.90 Å². The van der Waals surface area contributed by atoms with Gasteiger partial charge in [0.25, 0.3) is 0 Å². The second-order valence-corrected chi connectivity index (χ2v) is 9.56. The molecular formula is C23H33N3O5. The van der Waals surface area contributed by atoms with Crippen molar-refractivity contribution in [3.05, 3.63) is 29.3 Å². The minimum Gasteiger partial charge on any atom is -0.443 e. The fraction of sp³-hybridized carbons (Fsp3) is 0.565. The number of hydrogen-bond donors (Lipinski definition) is 1. The van der Waals surface area contributed by atoms with Crippen LogP contribution in [0.5, 0.6) is 0 Å². The van der Waals surface area contributed by atoms with Crippen LogP contribution in [0.1, 0.15) is 79.4 Å². The number of imide groups is 1. The van der Waals surface area contributed by atoms with Gasteiger partial charge in [-0.3, -0.25) is 4.79 Å². The van der Waals surface area contributed by atoms with Crippen molar-refractivity contribution in [2.45, 2.75) is 84.8 Å². The van der Waals surface area contributed by atoms with Crippen molar-refractivity contribution in [3.63, 3.8) is 0 Å². The number of benzene rings is 1. The number of carbonyl (C=O) groups excluding carboxylic acids is 3. The molecule has 0 spiro atoms. The third kappa shape index (κ3) is 5.42. The minimum absolute atomic E-state index is 0.289. The number of rotatable bonds is 4. The molecule has 0 saturated carbocycles. The number of amides is 3. The largest absolute Gasteiger partial charge is 0.443 e. The van der Waals surface area contributed by atoms with E-state index in [1.54, 1.807) is 53.7 Å². The summed E-state index contributed by atoms with van der Waals surface area (Å²) in [6.07, 6.45) is 1.20. The maximum atomic E-state index is 13.3. The fourth-order valence-electron chi connectivity index (χ4n) is 3.53. The van der Waals surface area contributed by atoms with Crippen LogP contribution in [0, 0.1) is 0 Å². The van der Waals surface area contributed by atoms with Crippen molar-refractivity contribution in [2.24, 2.45) is 5.10 Å². The van der Waals surface area contributed by atoms with E-state index >= 15 is 0 Å². The second-order valence-electron chi connectivity index (χ2n) is 9.56. The first-order valence-corrected chi connectivity index (χ1v) is 10.5. The lowest BCUT2D eigenvalue weighted by molar-refractivity contribution is -0.123. The summed E-state index contributed by atoms with van der Waals surface area (Å²) in [5, 5.41) is 3.93. The molecule has 1 aliphatic rings. The van der Waals surface area contributed by atoms with Gasteiger partial charge in [0.1, 0.15) is 11.2 Å². The Morgan fingerprint density at radius 3 is 2.16 bits per heavy atom. The van der Waals surface area contributed by atoms with Crippen LogP contribution in [-0.2, 0) is 19.7 Å². The molecule has 0 atom stereocenters. The molecule has 0 saturated heterocycles. The van der Waals surface area contributed by atoms with Gasteiger partial charge in [-0.1, -0.05) is 19.9 Å². The zero-order valence-corrected chi connectivity index (χ0v) is 19.7. The summed E-state index contributed by atoms with van der Waals surface area (Å²) in [5.74, 6) is -0.289. The van der Waals surface area contributed by atoms with E-state index < -0.39 is 28.8 Å². The molecule has 0 bridgehead atoms. The highest BCUT2D eigenvalue weighted by Crippen LogP contribution is 2.47. The monoisotopic (exact) mass is 431 g/mol. The standard InChI is InChI=1S/C23H33N3O5/c1-9-23(10-2)16-13-15(14-24-25-19(28)30-21(3,4)5)11-12-17(16)26(18(23)27)20(29)31-22(6,7)8/h11-14H,9-10H2,1-8H3,(H,25,28)/b24-14+. The Bertz CT molecular complexity index is 889. The highest BCUT2D eigenvalue weighted by Gasteiger charge is 2.51. The summed E-state index contributed by atoms with van der Waals surface area (Å²) in [4.78, 5) is 39.0. The fourth-order valence-corrected chi connectivity index (χ4v) is 3.53. The Labute approximate surface area is 184 Å². The lowest BCUT2D eigenvalue weighted by Gasteiger charge is -2.27. The van der Waals surface area contributed by atoms with Crippen molar-refractivity contribution in [3.8, 4) is 0 Å². The van der Waals surface area contributed by atoms with Crippen molar-refractivity contribution < 1.29 is 23.9 Å². The summed E-state index contributed by atoms with van der Waals surface area (Å²) in [7, 11) is 0. The van der Waals surface area contributed by atoms with E-state index in [4.69, 9.17) is 9.47 Å². The first kappa shape index (κ1) is 24.4. The summed E-state index contributed by atoms with van der Waals surface area (Å²) in [6.45, 7) is 14.4. The molecule has 8 heteroatoms. The number of ether oxygens (including phenoxy) is 2. The lowest BCUT2D eigenvalue weighted by Crippen LogP contribution is -2.44. The molecule has 1 aromatic carbocycles. The van der Waals surface area contributed by atoms with Crippen LogP contribution < -0.4 is 10.3 Å². The van der Waals surface area contributed by atoms with Crippen LogP contribution >= 0.6 is 0 Å². The average Bonchev–Trinajstić information content (AvgIpc) is 2.86. The van der Waals surface area contributed by atoms with E-state index in [-0.39, 0.29) is 5.91 Å². The summed E-state index contributed by atoms with van der Waals surface area (Å²) in [6, 6.07) is 5.26. The number of anilines is 1. The Hall–Kier alpha value is -2.90. The van der Waals surface area contributed by atoms with E-state index in [2.05, 4.69) is 10.5 Å². The van der Waals surface area contributed by atoms with Gasteiger partial charge in [0, 0.05) is 0 Å². The van der Waals surface area contributed by atoms with Gasteiger partial charge in [0.15, 0.2) is 0 Å². The molecule has 0 fully saturated rings. The smallest absolute Gasteiger partial charge is 0.428 e. The van der Waals surface area contributed by atoms with Crippen LogP contribution in [0.3, 0.4) is 0 Å². The highest BCUT2D eigenvalue weighted by atomic mass is 16.6. The third-order valence-corrected chi connectivity index (χ3v) is 4.94. The number of carbonyl (C=O) groups is 3. The van der Waals surface area contributed by atoms with Crippen molar-refractivity contribution in [1.29, 1.82) is 0 Å². The van der Waals surface area contributed by atoms with Crippen LogP contribution in [0.15, 0.2) is 23.3 Å². The molecule has 0 aromatic heterocycles. The molecule has 3 amide bonds. The summed E-state index contributed by atoms with van der Waals surface area (Å²) >= 11 is 0. The van der Waals surface area contributed by atoms with E-state index in [1.807, 2.05) is 19.9 Å². The number of nitrogens with zero attached hydrogens (tertiary/aromatic N) is 2. The number of hydrogen-bond acceptors (Lipinski definition) is 6. The van der Waals surface area contributed by atoms with Gasteiger partial charge in [0.2, 0.25) is 5.91 Å². The lowest BCUT2D eigenvalue weighted by atomic mass is 9.76. The molecule has 170 valence electrons. The Morgan fingerprint density at radius 2 is 1.65 bits per heavy atom. The predicted octanol–water partition coefficient (Wildman–Crippen LogP) is 4.88. The molecule has 2 rings (SSSR count). The normalized spacial score (nSPS) is 15.7. The quantitative estimate of drug-likeness (QED) is 0.541. The SMILES string of the molecule is CCC1(CC)C(=O)N(C(=O)OC(C)(C)C)c2ccc(/C=N/NC(=O)OC(C)(C)C)cc21. The molecule has 1 aliphatic heterocycles. The molecule has 0 aliphatic carbocycles. The van der Waals surface area contributed by atoms with E-state index in [0.717, 1.165) is 10.5 Å². The molecule has 1 N–H and O–H groups in total. The van der Waals surface area contributed by atoms with Gasteiger partial charge in [-0.05, 0) is 77.6 Å². The van der Waals surface area contributed by atoms with Gasteiger partial charge in [-0.25, -0.2) is 19.9 Å². The molecule has 1 heterocycles. The molecule has 31 heavy (non-hydrogen) atoms. The minimum atomic E-state index is -0.825. The maximum Gasteiger partial charge on any atom is 0.428 e. The summed E-state index contributed by atoms with van der Waals surface area (Å²) < 4.78 is 10.6. The maximum absolute atomic E-state index is 13.3. The first-order valence-electron chi connectivity index (χ1n) is 10.5.